The van der Waals surface area contributed by atoms with Crippen LogP contribution in [0.15, 0.2) is 66.9 Å². The number of aromatic nitrogens is 2. The number of nitrogens with one attached hydrogen (secondary N) is 1. The van der Waals surface area contributed by atoms with Crippen LogP contribution in [0.5, 0.6) is 0 Å². The summed E-state index contributed by atoms with van der Waals surface area (Å²) in [4.78, 5) is 26.8. The third kappa shape index (κ3) is 5.17. The summed E-state index contributed by atoms with van der Waals surface area (Å²) in [7, 11) is 0. The number of para-hydroxylation sites is 1. The number of amides is 2. The van der Waals surface area contributed by atoms with Gasteiger partial charge in [-0.15, -0.1) is 0 Å². The van der Waals surface area contributed by atoms with E-state index in [1.54, 1.807) is 35.4 Å². The lowest BCUT2D eigenvalue weighted by Crippen LogP contribution is -2.46. The molecule has 0 unspecified atom stereocenters. The molecule has 1 N–H and O–H groups in total. The van der Waals surface area contributed by atoms with Crippen molar-refractivity contribution in [2.45, 2.75) is 31.7 Å². The second-order valence-corrected chi connectivity index (χ2v) is 7.72. The summed E-state index contributed by atoms with van der Waals surface area (Å²) in [5, 5.41) is 7.33. The quantitative estimate of drug-likeness (QED) is 0.665. The maximum atomic E-state index is 13.9. The first-order valence-corrected chi connectivity index (χ1v) is 10.5. The Morgan fingerprint density at radius 1 is 1.00 bits per heavy atom. The van der Waals surface area contributed by atoms with Crippen molar-refractivity contribution in [2.75, 3.05) is 13.1 Å². The van der Waals surface area contributed by atoms with Gasteiger partial charge in [0.05, 0.1) is 0 Å². The number of benzene rings is 2. The number of hydrogen-bond donors (Lipinski definition) is 1. The van der Waals surface area contributed by atoms with E-state index < -0.39 is 5.82 Å². The van der Waals surface area contributed by atoms with Crippen LogP contribution in [0, 0.1) is 5.82 Å². The van der Waals surface area contributed by atoms with Crippen LogP contribution in [-0.4, -0.2) is 45.6 Å². The maximum absolute atomic E-state index is 13.9. The van der Waals surface area contributed by atoms with E-state index in [0.29, 0.717) is 44.5 Å². The Kier molecular flexibility index (Phi) is 6.40. The molecule has 0 aliphatic carbocycles. The summed E-state index contributed by atoms with van der Waals surface area (Å²) in [6, 6.07) is 17.9. The Morgan fingerprint density at radius 3 is 2.45 bits per heavy atom. The van der Waals surface area contributed by atoms with Crippen molar-refractivity contribution in [3.63, 3.8) is 0 Å². The van der Waals surface area contributed by atoms with Crippen molar-refractivity contribution in [2.24, 2.45) is 0 Å². The highest BCUT2D eigenvalue weighted by molar-refractivity contribution is 5.92. The fraction of sp³-hybridized carbons (Fsp3) is 0.292. The molecule has 1 aliphatic heterocycles. The molecule has 160 valence electrons. The zero-order valence-corrected chi connectivity index (χ0v) is 17.2. The number of hydrogen-bond acceptors (Lipinski definition) is 3. The minimum Gasteiger partial charge on any atom is -0.353 e. The van der Waals surface area contributed by atoms with Gasteiger partial charge in [-0.3, -0.25) is 9.59 Å². The van der Waals surface area contributed by atoms with Crippen LogP contribution in [0.3, 0.4) is 0 Å². The standard InChI is InChI=1S/C24H25FN4O2/c25-20-8-4-5-9-22(20)29-17-14-21(27-29)24(31)28-15-12-19(13-16-28)26-23(30)11-10-18-6-2-1-3-7-18/h1-9,14,17,19H,10-13,15-16H2,(H,26,30). The van der Waals surface area contributed by atoms with Gasteiger partial charge < -0.3 is 10.2 Å². The molecule has 6 nitrogen and oxygen atoms in total. The number of likely N-dealkylation sites (tertiary alicyclic amines) is 1. The third-order valence-electron chi connectivity index (χ3n) is 5.54. The predicted molar refractivity (Wildman–Crippen MR) is 115 cm³/mol. The number of rotatable bonds is 6. The highest BCUT2D eigenvalue weighted by atomic mass is 19.1. The van der Waals surface area contributed by atoms with Crippen LogP contribution in [-0.2, 0) is 11.2 Å². The van der Waals surface area contributed by atoms with Crippen molar-refractivity contribution in [1.82, 2.24) is 20.0 Å². The first-order chi connectivity index (χ1) is 15.1. The van der Waals surface area contributed by atoms with Gasteiger partial charge in [0.15, 0.2) is 5.69 Å². The molecular weight excluding hydrogens is 395 g/mol. The lowest BCUT2D eigenvalue weighted by Gasteiger charge is -2.32. The van der Waals surface area contributed by atoms with Crippen LogP contribution in [0.2, 0.25) is 0 Å². The van der Waals surface area contributed by atoms with Crippen LogP contribution in [0.25, 0.3) is 5.69 Å². The molecule has 7 heteroatoms. The fourth-order valence-electron chi connectivity index (χ4n) is 3.80. The van der Waals surface area contributed by atoms with Crippen molar-refractivity contribution < 1.29 is 14.0 Å². The number of piperidine rings is 1. The first kappa shape index (κ1) is 20.8. The summed E-state index contributed by atoms with van der Waals surface area (Å²) in [5.74, 6) is -0.533. The maximum Gasteiger partial charge on any atom is 0.274 e. The van der Waals surface area contributed by atoms with E-state index in [4.69, 9.17) is 0 Å². The zero-order valence-electron chi connectivity index (χ0n) is 17.2. The minimum absolute atomic E-state index is 0.0391. The van der Waals surface area contributed by atoms with Gasteiger partial charge in [0, 0.05) is 31.7 Å². The van der Waals surface area contributed by atoms with Gasteiger partial charge >= 0.3 is 0 Å². The molecule has 1 saturated heterocycles. The Bertz CT molecular complexity index is 1040. The summed E-state index contributed by atoms with van der Waals surface area (Å²) < 4.78 is 15.3. The van der Waals surface area contributed by atoms with E-state index in [9.17, 15) is 14.0 Å². The molecule has 0 radical (unpaired) electrons. The molecule has 2 aromatic carbocycles. The first-order valence-electron chi connectivity index (χ1n) is 10.5. The number of carbonyl (C=O) groups is 2. The lowest BCUT2D eigenvalue weighted by atomic mass is 10.0. The second-order valence-electron chi connectivity index (χ2n) is 7.72. The molecular formula is C24H25FN4O2. The average Bonchev–Trinajstić information content (AvgIpc) is 3.29. The van der Waals surface area contributed by atoms with Gasteiger partial charge in [-0.1, -0.05) is 42.5 Å². The predicted octanol–water partition coefficient (Wildman–Crippen LogP) is 3.37. The number of aryl methyl sites for hydroxylation is 1. The third-order valence-corrected chi connectivity index (χ3v) is 5.54. The summed E-state index contributed by atoms with van der Waals surface area (Å²) in [6.45, 7) is 1.10. The van der Waals surface area contributed by atoms with Gasteiger partial charge in [-0.25, -0.2) is 9.07 Å². The van der Waals surface area contributed by atoms with E-state index in [1.165, 1.54) is 10.7 Å². The topological polar surface area (TPSA) is 67.2 Å². The Hall–Kier alpha value is -3.48. The molecule has 0 atom stereocenters. The molecule has 31 heavy (non-hydrogen) atoms. The Balaban J connectivity index is 1.26. The molecule has 0 bridgehead atoms. The van der Waals surface area contributed by atoms with Crippen LogP contribution in [0.4, 0.5) is 4.39 Å². The summed E-state index contributed by atoms with van der Waals surface area (Å²) in [5.41, 5.74) is 1.74. The molecule has 1 aromatic heterocycles. The van der Waals surface area contributed by atoms with E-state index in [2.05, 4.69) is 10.4 Å². The van der Waals surface area contributed by atoms with Crippen molar-refractivity contribution >= 4 is 11.8 Å². The van der Waals surface area contributed by atoms with Crippen LogP contribution in [0.1, 0.15) is 35.3 Å². The molecule has 0 saturated carbocycles. The number of nitrogens with zero attached hydrogens (tertiary/aromatic N) is 3. The monoisotopic (exact) mass is 420 g/mol. The van der Waals surface area contributed by atoms with E-state index >= 15 is 0 Å². The Morgan fingerprint density at radius 2 is 1.71 bits per heavy atom. The Labute approximate surface area is 180 Å². The van der Waals surface area contributed by atoms with Gasteiger partial charge in [-0.2, -0.15) is 5.10 Å². The molecule has 1 fully saturated rings. The van der Waals surface area contributed by atoms with Gasteiger partial charge in [0.1, 0.15) is 11.5 Å². The smallest absolute Gasteiger partial charge is 0.274 e. The van der Waals surface area contributed by atoms with Crippen LogP contribution < -0.4 is 5.32 Å². The van der Waals surface area contributed by atoms with E-state index in [0.717, 1.165) is 5.56 Å². The van der Waals surface area contributed by atoms with E-state index in [-0.39, 0.29) is 23.6 Å². The molecule has 2 amide bonds. The largest absolute Gasteiger partial charge is 0.353 e. The van der Waals surface area contributed by atoms with Crippen molar-refractivity contribution in [3.8, 4) is 5.69 Å². The number of carbonyl (C=O) groups excluding carboxylic acids is 2. The van der Waals surface area contributed by atoms with Gasteiger partial charge in [0.2, 0.25) is 5.91 Å². The summed E-state index contributed by atoms with van der Waals surface area (Å²) >= 11 is 0. The highest BCUT2D eigenvalue weighted by Gasteiger charge is 2.26. The molecule has 0 spiro atoms. The normalized spacial score (nSPS) is 14.4. The molecule has 3 aromatic rings. The van der Waals surface area contributed by atoms with Crippen LogP contribution >= 0.6 is 0 Å². The lowest BCUT2D eigenvalue weighted by molar-refractivity contribution is -0.122. The minimum atomic E-state index is -0.395. The highest BCUT2D eigenvalue weighted by Crippen LogP contribution is 2.16. The second kappa shape index (κ2) is 9.55. The molecule has 2 heterocycles. The SMILES string of the molecule is O=C(CCc1ccccc1)NC1CCN(C(=O)c2ccn(-c3ccccc3F)n2)CC1. The van der Waals surface area contributed by atoms with Gasteiger partial charge in [0.25, 0.3) is 5.91 Å². The van der Waals surface area contributed by atoms with Crippen molar-refractivity contribution in [1.29, 1.82) is 0 Å². The fourth-order valence-corrected chi connectivity index (χ4v) is 3.80. The zero-order chi connectivity index (χ0) is 21.6. The van der Waals surface area contributed by atoms with E-state index in [1.807, 2.05) is 30.3 Å². The average molecular weight is 420 g/mol. The number of halogens is 1. The van der Waals surface area contributed by atoms with Gasteiger partial charge in [-0.05, 0) is 43.0 Å². The summed E-state index contributed by atoms with van der Waals surface area (Å²) in [6.07, 6.45) is 4.17. The molecule has 4 rings (SSSR count). The molecule has 1 aliphatic rings. The van der Waals surface area contributed by atoms with Crippen molar-refractivity contribution in [3.05, 3.63) is 83.9 Å².